The Morgan fingerprint density at radius 2 is 1.80 bits per heavy atom. The number of likely N-dealkylation sites (N-methyl/N-ethyl adjacent to an activating group) is 1. The number of nitrogens with one attached hydrogen (secondary N) is 1. The predicted molar refractivity (Wildman–Crippen MR) is 143 cm³/mol. The Morgan fingerprint density at radius 3 is 2.54 bits per heavy atom. The van der Waals surface area contributed by atoms with Crippen molar-refractivity contribution < 1.29 is 4.79 Å². The first-order valence-electron chi connectivity index (χ1n) is 12.6. The Balaban J connectivity index is 1.32. The molecule has 1 amide bonds. The second kappa shape index (κ2) is 11.2. The minimum atomic E-state index is 0.0135. The van der Waals surface area contributed by atoms with Crippen LogP contribution in [0.4, 0.5) is 5.82 Å². The molecule has 2 fully saturated rings. The molecule has 3 aromatic rings. The lowest BCUT2D eigenvalue weighted by atomic mass is 10.1. The molecule has 1 aromatic heterocycles. The highest BCUT2D eigenvalue weighted by atomic mass is 32.2. The Bertz CT molecular complexity index is 1140. The van der Waals surface area contributed by atoms with Gasteiger partial charge in [-0.15, -0.1) is 0 Å². The third-order valence-electron chi connectivity index (χ3n) is 6.71. The molecule has 1 aliphatic carbocycles. The average Bonchev–Trinajstić information content (AvgIpc) is 3.76. The lowest BCUT2D eigenvalue weighted by molar-refractivity contribution is 0.0951. The highest BCUT2D eigenvalue weighted by Crippen LogP contribution is 2.29. The van der Waals surface area contributed by atoms with Gasteiger partial charge in [0.2, 0.25) is 0 Å². The lowest BCUT2D eigenvalue weighted by Gasteiger charge is -2.35. The molecule has 0 atom stereocenters. The highest BCUT2D eigenvalue weighted by Gasteiger charge is 2.22. The monoisotopic (exact) mass is 487 g/mol. The van der Waals surface area contributed by atoms with E-state index < -0.39 is 0 Å². The van der Waals surface area contributed by atoms with Crippen LogP contribution >= 0.6 is 11.8 Å². The molecule has 0 spiro atoms. The quantitative estimate of drug-likeness (QED) is 0.348. The molecule has 1 aliphatic heterocycles. The van der Waals surface area contributed by atoms with Crippen LogP contribution in [0, 0.1) is 5.92 Å². The summed E-state index contributed by atoms with van der Waals surface area (Å²) in [6.07, 6.45) is 2.46. The zero-order valence-corrected chi connectivity index (χ0v) is 21.1. The van der Waals surface area contributed by atoms with Gasteiger partial charge in [0.05, 0.1) is 5.69 Å². The molecular formula is C28H33N5OS. The number of hydrogen-bond donors (Lipinski definition) is 1. The molecule has 0 bridgehead atoms. The number of carbonyl (C=O) groups excluding carboxylic acids is 1. The molecule has 2 heterocycles. The van der Waals surface area contributed by atoms with E-state index in [2.05, 4.69) is 46.3 Å². The van der Waals surface area contributed by atoms with Crippen LogP contribution in [-0.4, -0.2) is 60.0 Å². The highest BCUT2D eigenvalue weighted by molar-refractivity contribution is 7.98. The molecule has 2 aromatic carbocycles. The van der Waals surface area contributed by atoms with Gasteiger partial charge in [-0.3, -0.25) is 4.79 Å². The Kier molecular flexibility index (Phi) is 7.64. The van der Waals surface area contributed by atoms with E-state index in [0.717, 1.165) is 72.6 Å². The maximum Gasteiger partial charge on any atom is 0.251 e. The second-order valence-corrected chi connectivity index (χ2v) is 10.3. The zero-order chi connectivity index (χ0) is 24.0. The smallest absolute Gasteiger partial charge is 0.251 e. The predicted octanol–water partition coefficient (Wildman–Crippen LogP) is 4.72. The number of thioether (sulfide) groups is 1. The van der Waals surface area contributed by atoms with Crippen molar-refractivity contribution in [3.05, 3.63) is 71.8 Å². The van der Waals surface area contributed by atoms with Gasteiger partial charge in [-0.2, -0.15) is 0 Å². The van der Waals surface area contributed by atoms with E-state index in [1.165, 1.54) is 12.8 Å². The number of rotatable bonds is 9. The van der Waals surface area contributed by atoms with E-state index in [0.29, 0.717) is 11.7 Å². The summed E-state index contributed by atoms with van der Waals surface area (Å²) in [6, 6.07) is 20.3. The molecule has 2 aliphatic rings. The zero-order valence-electron chi connectivity index (χ0n) is 20.3. The van der Waals surface area contributed by atoms with Gasteiger partial charge in [-0.25, -0.2) is 9.97 Å². The molecular weight excluding hydrogens is 454 g/mol. The second-order valence-electron chi connectivity index (χ2n) is 9.32. The van der Waals surface area contributed by atoms with E-state index in [1.807, 2.05) is 36.4 Å². The summed E-state index contributed by atoms with van der Waals surface area (Å²) < 4.78 is 0. The van der Waals surface area contributed by atoms with Crippen molar-refractivity contribution in [3.8, 4) is 11.3 Å². The normalized spacial score (nSPS) is 16.3. The number of benzene rings is 2. The van der Waals surface area contributed by atoms with E-state index in [-0.39, 0.29) is 5.91 Å². The van der Waals surface area contributed by atoms with E-state index in [1.54, 1.807) is 11.8 Å². The van der Waals surface area contributed by atoms with Gasteiger partial charge in [0, 0.05) is 55.7 Å². The molecule has 0 unspecified atom stereocenters. The van der Waals surface area contributed by atoms with Gasteiger partial charge >= 0.3 is 0 Å². The van der Waals surface area contributed by atoms with Crippen molar-refractivity contribution in [2.24, 2.45) is 5.92 Å². The van der Waals surface area contributed by atoms with Gasteiger partial charge < -0.3 is 15.1 Å². The fourth-order valence-corrected chi connectivity index (χ4v) is 5.10. The number of nitrogens with zero attached hydrogens (tertiary/aromatic N) is 4. The van der Waals surface area contributed by atoms with Crippen molar-refractivity contribution in [2.45, 2.75) is 30.7 Å². The number of piperazine rings is 1. The van der Waals surface area contributed by atoms with Crippen molar-refractivity contribution in [1.82, 2.24) is 20.2 Å². The van der Waals surface area contributed by atoms with Crippen molar-refractivity contribution >= 4 is 23.5 Å². The van der Waals surface area contributed by atoms with Crippen molar-refractivity contribution in [1.29, 1.82) is 0 Å². The molecule has 5 rings (SSSR count). The summed E-state index contributed by atoms with van der Waals surface area (Å²) >= 11 is 1.62. The summed E-state index contributed by atoms with van der Waals surface area (Å²) in [6.45, 7) is 8.15. The minimum absolute atomic E-state index is 0.0135. The molecule has 1 N–H and O–H groups in total. The van der Waals surface area contributed by atoms with Crippen LogP contribution < -0.4 is 10.2 Å². The number of aromatic nitrogens is 2. The van der Waals surface area contributed by atoms with Gasteiger partial charge in [0.15, 0.2) is 5.16 Å². The number of carbonyl (C=O) groups is 1. The van der Waals surface area contributed by atoms with Crippen LogP contribution in [0.15, 0.2) is 65.8 Å². The average molecular weight is 488 g/mol. The maximum atomic E-state index is 12.5. The molecule has 182 valence electrons. The molecule has 35 heavy (non-hydrogen) atoms. The molecule has 1 saturated carbocycles. The molecule has 6 nitrogen and oxygen atoms in total. The standard InChI is InChI=1S/C28H33N5OS/c1-2-32-13-15-33(16-14-32)26-18-25(23-8-4-3-5-9-23)30-28(31-26)35-20-22-7-6-10-24(17-22)27(34)29-19-21-11-12-21/h3-10,17-18,21H,2,11-16,19-20H2,1H3,(H,29,34). The summed E-state index contributed by atoms with van der Waals surface area (Å²) in [7, 11) is 0. The fourth-order valence-electron chi connectivity index (χ4n) is 4.30. The van der Waals surface area contributed by atoms with Crippen molar-refractivity contribution in [3.63, 3.8) is 0 Å². The largest absolute Gasteiger partial charge is 0.354 e. The molecule has 7 heteroatoms. The van der Waals surface area contributed by atoms with E-state index in [4.69, 9.17) is 9.97 Å². The van der Waals surface area contributed by atoms with Crippen LogP contribution in [0.25, 0.3) is 11.3 Å². The first-order chi connectivity index (χ1) is 17.2. The third-order valence-corrected chi connectivity index (χ3v) is 7.63. The fraction of sp³-hybridized carbons (Fsp3) is 0.393. The summed E-state index contributed by atoms with van der Waals surface area (Å²) in [4.78, 5) is 27.2. The summed E-state index contributed by atoms with van der Waals surface area (Å²) in [5.41, 5.74) is 3.86. The first-order valence-corrected chi connectivity index (χ1v) is 13.6. The Labute approximate surface area is 212 Å². The SMILES string of the molecule is CCN1CCN(c2cc(-c3ccccc3)nc(SCc3cccc(C(=O)NCC4CC4)c3)n2)CC1. The summed E-state index contributed by atoms with van der Waals surface area (Å²) in [5.74, 6) is 2.39. The van der Waals surface area contributed by atoms with E-state index in [9.17, 15) is 4.79 Å². The Morgan fingerprint density at radius 1 is 1.00 bits per heavy atom. The lowest BCUT2D eigenvalue weighted by Crippen LogP contribution is -2.46. The van der Waals surface area contributed by atoms with Crippen LogP contribution in [0.2, 0.25) is 0 Å². The third kappa shape index (κ3) is 6.41. The minimum Gasteiger partial charge on any atom is -0.354 e. The number of amides is 1. The van der Waals surface area contributed by atoms with Gasteiger partial charge in [-0.05, 0) is 43.0 Å². The maximum absolute atomic E-state index is 12.5. The van der Waals surface area contributed by atoms with Crippen LogP contribution in [0.3, 0.4) is 0 Å². The number of hydrogen-bond acceptors (Lipinski definition) is 6. The molecule has 1 saturated heterocycles. The van der Waals surface area contributed by atoms with E-state index >= 15 is 0 Å². The van der Waals surface area contributed by atoms with Gasteiger partial charge in [0.1, 0.15) is 5.82 Å². The van der Waals surface area contributed by atoms with Crippen LogP contribution in [-0.2, 0) is 5.75 Å². The number of anilines is 1. The topological polar surface area (TPSA) is 61.4 Å². The molecule has 0 radical (unpaired) electrons. The summed E-state index contributed by atoms with van der Waals surface area (Å²) in [5, 5.41) is 3.83. The van der Waals surface area contributed by atoms with Crippen LogP contribution in [0.5, 0.6) is 0 Å². The van der Waals surface area contributed by atoms with Gasteiger partial charge in [0.25, 0.3) is 5.91 Å². The van der Waals surface area contributed by atoms with Gasteiger partial charge in [-0.1, -0.05) is 61.2 Å². The van der Waals surface area contributed by atoms with Crippen molar-refractivity contribution in [2.75, 3.05) is 44.2 Å². The van der Waals surface area contributed by atoms with Crippen LogP contribution in [0.1, 0.15) is 35.7 Å². The first kappa shape index (κ1) is 23.8. The Hall–Kier alpha value is -2.90.